The van der Waals surface area contributed by atoms with Crippen LogP contribution in [0.2, 0.25) is 0 Å². The Hall–Kier alpha value is -13.3. The van der Waals surface area contributed by atoms with Crippen LogP contribution in [0.3, 0.4) is 0 Å². The van der Waals surface area contributed by atoms with Crippen LogP contribution in [0, 0.1) is 102 Å². The van der Waals surface area contributed by atoms with Crippen molar-refractivity contribution in [2.24, 2.45) is 0 Å². The van der Waals surface area contributed by atoms with Crippen molar-refractivity contribution < 1.29 is 0 Å². The lowest BCUT2D eigenvalue weighted by Crippen LogP contribution is -2.16. The third-order valence-electron chi connectivity index (χ3n) is 16.0. The van der Waals surface area contributed by atoms with Crippen LogP contribution in [0.5, 0.6) is 0 Å². The summed E-state index contributed by atoms with van der Waals surface area (Å²) < 4.78 is 9.01. The van der Waals surface area contributed by atoms with Crippen molar-refractivity contribution >= 4 is 109 Å². The van der Waals surface area contributed by atoms with Gasteiger partial charge in [-0.3, -0.25) is 0 Å². The van der Waals surface area contributed by atoms with Gasteiger partial charge in [0.15, 0.2) is 0 Å². The van der Waals surface area contributed by atoms with Gasteiger partial charge in [-0.25, -0.2) is 4.98 Å². The Morgan fingerprint density at radius 2 is 0.541 bits per heavy atom. The molecule has 0 saturated carbocycles. The molecule has 0 radical (unpaired) electrons. The largest absolute Gasteiger partial charge is 0.306 e. The number of aromatic nitrogens is 5. The minimum absolute atomic E-state index is 0.134. The van der Waals surface area contributed by atoms with Gasteiger partial charge in [-0.05, 0) is 158 Å². The number of thiazole rings is 1. The molecule has 0 atom stereocenters. The van der Waals surface area contributed by atoms with Crippen molar-refractivity contribution in [1.29, 1.82) is 47.4 Å². The van der Waals surface area contributed by atoms with E-state index in [1.165, 1.54) is 11.3 Å². The standard InChI is InChI=1S/C70H28N14S/c71-29-38-5-13-56-46(21-38)47-22-39(30-72)6-14-57(47)81(56)66-54(37-79)65(70-80-55-3-1-2-4-64(55)85-70)67(82-58-15-7-40(31-73)23-48(58)49-24-41(32-74)8-16-59(49)82)69(84-62-19-11-44(35-77)27-52(62)53-28-45(36-78)12-20-63(53)84)68(66)83-60-17-9-42(33-75)25-50(60)51-26-43(34-76)10-18-61(51)83/h1-28H. The number of hydrogen-bond acceptors (Lipinski definition) is 11. The third-order valence-corrected chi connectivity index (χ3v) is 17.1. The van der Waals surface area contributed by atoms with Crippen LogP contribution in [-0.2, 0) is 0 Å². The van der Waals surface area contributed by atoms with Crippen molar-refractivity contribution in [3.8, 4) is 87.9 Å². The molecule has 0 saturated heterocycles. The van der Waals surface area contributed by atoms with Gasteiger partial charge in [-0.2, -0.15) is 47.4 Å². The molecule has 85 heavy (non-hydrogen) atoms. The van der Waals surface area contributed by atoms with E-state index in [-0.39, 0.29) is 5.56 Å². The van der Waals surface area contributed by atoms with Crippen molar-refractivity contribution in [2.45, 2.75) is 0 Å². The molecule has 10 aromatic carbocycles. The number of benzene rings is 10. The molecule has 384 valence electrons. The molecule has 14 nitrogen and oxygen atoms in total. The van der Waals surface area contributed by atoms with Crippen LogP contribution >= 0.6 is 11.3 Å². The van der Waals surface area contributed by atoms with E-state index in [0.29, 0.717) is 171 Å². The first kappa shape index (κ1) is 48.8. The number of fused-ring (bicyclic) bond motifs is 13. The summed E-state index contributed by atoms with van der Waals surface area (Å²) in [7, 11) is 0. The van der Waals surface area contributed by atoms with E-state index in [4.69, 9.17) is 4.98 Å². The van der Waals surface area contributed by atoms with Crippen LogP contribution in [0.1, 0.15) is 50.1 Å². The number of nitriles is 9. The summed E-state index contributed by atoms with van der Waals surface area (Å²) in [6, 6.07) is 71.8. The lowest BCUT2D eigenvalue weighted by molar-refractivity contribution is 1.02. The Bertz CT molecular complexity index is 5730. The molecule has 5 aromatic heterocycles. The number of nitrogens with zero attached hydrogens (tertiary/aromatic N) is 14. The summed E-state index contributed by atoms with van der Waals surface area (Å²) in [5.41, 5.74) is 10.3. The summed E-state index contributed by atoms with van der Waals surface area (Å²) in [6.45, 7) is 0. The number of rotatable bonds is 5. The quantitative estimate of drug-likeness (QED) is 0.158. The minimum Gasteiger partial charge on any atom is -0.306 e. The second-order valence-corrected chi connectivity index (χ2v) is 21.4. The number of para-hydroxylation sites is 1. The van der Waals surface area contributed by atoms with Gasteiger partial charge >= 0.3 is 0 Å². The molecule has 0 bridgehead atoms. The van der Waals surface area contributed by atoms with E-state index < -0.39 is 0 Å². The molecule has 15 heteroatoms. The average molecular weight is 1100 g/mol. The van der Waals surface area contributed by atoms with E-state index >= 15 is 0 Å². The molecule has 0 unspecified atom stereocenters. The molecule has 0 aliphatic carbocycles. The van der Waals surface area contributed by atoms with E-state index in [9.17, 15) is 47.4 Å². The molecule has 5 heterocycles. The highest BCUT2D eigenvalue weighted by atomic mass is 32.1. The van der Waals surface area contributed by atoms with Gasteiger partial charge < -0.3 is 18.3 Å². The van der Waals surface area contributed by atoms with Gasteiger partial charge in [0.1, 0.15) is 11.1 Å². The monoisotopic (exact) mass is 1100 g/mol. The maximum absolute atomic E-state index is 12.8. The average Bonchev–Trinajstić information content (AvgIpc) is 1.62. The normalized spacial score (nSPS) is 11.2. The fourth-order valence-corrected chi connectivity index (χ4v) is 13.5. The van der Waals surface area contributed by atoms with Crippen molar-refractivity contribution in [1.82, 2.24) is 23.3 Å². The predicted octanol–water partition coefficient (Wildman–Crippen LogP) is 15.2. The topological polar surface area (TPSA) is 247 Å². The SMILES string of the molecule is N#Cc1ccc2c(c1)c1cc(C#N)ccc1n2-c1c(C#N)c(-c2nc3ccccc3s2)c(-n2c3ccc(C#N)cc3c3cc(C#N)ccc32)c(-n2c3ccc(C#N)cc3c3cc(C#N)ccc32)c1-n1c2ccc(C#N)cc2c2cc(C#N)ccc21. The van der Waals surface area contributed by atoms with Gasteiger partial charge in [0.2, 0.25) is 0 Å². The van der Waals surface area contributed by atoms with Gasteiger partial charge in [-0.1, -0.05) is 12.1 Å². The highest BCUT2D eigenvalue weighted by Gasteiger charge is 2.36. The Morgan fingerprint density at radius 1 is 0.282 bits per heavy atom. The summed E-state index contributed by atoms with van der Waals surface area (Å²) in [4.78, 5) is 5.43. The number of hydrogen-bond donors (Lipinski definition) is 0. The summed E-state index contributed by atoms with van der Waals surface area (Å²) in [5, 5.41) is 102. The zero-order valence-electron chi connectivity index (χ0n) is 43.8. The lowest BCUT2D eigenvalue weighted by Gasteiger charge is -2.29. The second-order valence-electron chi connectivity index (χ2n) is 20.3. The zero-order valence-corrected chi connectivity index (χ0v) is 44.7. The van der Waals surface area contributed by atoms with Gasteiger partial charge in [0.25, 0.3) is 0 Å². The van der Waals surface area contributed by atoms with E-state index in [1.807, 2.05) is 77.4 Å². The second kappa shape index (κ2) is 18.4. The first-order valence-electron chi connectivity index (χ1n) is 26.3. The molecule has 0 N–H and O–H groups in total. The summed E-state index contributed by atoms with van der Waals surface area (Å²) >= 11 is 1.38. The molecular formula is C70H28N14S. The zero-order chi connectivity index (χ0) is 57.9. The Morgan fingerprint density at radius 3 is 0.812 bits per heavy atom. The fraction of sp³-hybridized carbons (Fsp3) is 0. The molecule has 15 aromatic rings. The maximum Gasteiger partial charge on any atom is 0.128 e. The van der Waals surface area contributed by atoms with Crippen molar-refractivity contribution in [3.63, 3.8) is 0 Å². The van der Waals surface area contributed by atoms with E-state index in [1.54, 1.807) is 97.1 Å². The highest BCUT2D eigenvalue weighted by molar-refractivity contribution is 7.21. The van der Waals surface area contributed by atoms with Crippen LogP contribution in [0.4, 0.5) is 0 Å². The first-order valence-corrected chi connectivity index (χ1v) is 27.1. The van der Waals surface area contributed by atoms with Crippen LogP contribution < -0.4 is 0 Å². The molecule has 0 fully saturated rings. The van der Waals surface area contributed by atoms with E-state index in [0.717, 1.165) is 4.70 Å². The molecule has 0 aliphatic heterocycles. The third kappa shape index (κ3) is 6.91. The maximum atomic E-state index is 12.8. The van der Waals surface area contributed by atoms with Gasteiger partial charge in [0.05, 0.1) is 181 Å². The Kier molecular flexibility index (Phi) is 10.6. The minimum atomic E-state index is 0.134. The Balaban J connectivity index is 1.34. The van der Waals surface area contributed by atoms with Crippen molar-refractivity contribution in [2.75, 3.05) is 0 Å². The van der Waals surface area contributed by atoms with E-state index in [2.05, 4.69) is 68.3 Å². The smallest absolute Gasteiger partial charge is 0.128 e. The Labute approximate surface area is 484 Å². The lowest BCUT2D eigenvalue weighted by atomic mass is 9.97. The molecule has 15 rings (SSSR count). The molecular weight excluding hydrogens is 1070 g/mol. The first-order chi connectivity index (χ1) is 41.7. The summed E-state index contributed by atoms with van der Waals surface area (Å²) in [6.07, 6.45) is 0. The van der Waals surface area contributed by atoms with Gasteiger partial charge in [0, 0.05) is 43.1 Å². The summed E-state index contributed by atoms with van der Waals surface area (Å²) in [5.74, 6) is 0. The van der Waals surface area contributed by atoms with Crippen LogP contribution in [-0.4, -0.2) is 23.3 Å². The van der Waals surface area contributed by atoms with Crippen LogP contribution in [0.25, 0.3) is 131 Å². The van der Waals surface area contributed by atoms with Gasteiger partial charge in [-0.15, -0.1) is 11.3 Å². The molecule has 0 aliphatic rings. The predicted molar refractivity (Wildman–Crippen MR) is 325 cm³/mol. The highest BCUT2D eigenvalue weighted by Crippen LogP contribution is 2.53. The fourth-order valence-electron chi connectivity index (χ4n) is 12.5. The molecule has 0 amide bonds. The van der Waals surface area contributed by atoms with Crippen LogP contribution in [0.15, 0.2) is 170 Å². The van der Waals surface area contributed by atoms with Crippen molar-refractivity contribution in [3.05, 3.63) is 220 Å². The molecule has 0 spiro atoms.